The molecule has 112 valence electrons. The molecule has 3 nitrogen and oxygen atoms in total. The third-order valence-corrected chi connectivity index (χ3v) is 3.94. The van der Waals surface area contributed by atoms with Crippen molar-refractivity contribution in [2.45, 2.75) is 46.3 Å². The molecule has 1 heterocycles. The number of hydrogen-bond donors (Lipinski definition) is 2. The maximum absolute atomic E-state index is 10.1. The van der Waals surface area contributed by atoms with Crippen molar-refractivity contribution in [1.29, 1.82) is 0 Å². The number of nitrogens with zero attached hydrogens (tertiary/aromatic N) is 1. The van der Waals surface area contributed by atoms with Gasteiger partial charge >= 0.3 is 0 Å². The summed E-state index contributed by atoms with van der Waals surface area (Å²) in [5, 5.41) is 13.6. The van der Waals surface area contributed by atoms with Crippen molar-refractivity contribution in [3.63, 3.8) is 0 Å². The molecule has 0 bridgehead atoms. The van der Waals surface area contributed by atoms with Crippen LogP contribution in [0.2, 0.25) is 0 Å². The number of nitrogens with one attached hydrogen (secondary N) is 1. The van der Waals surface area contributed by atoms with Crippen LogP contribution in [0, 0.1) is 12.8 Å². The predicted molar refractivity (Wildman–Crippen MR) is 85.2 cm³/mol. The summed E-state index contributed by atoms with van der Waals surface area (Å²) in [4.78, 5) is 2.29. The fourth-order valence-corrected chi connectivity index (χ4v) is 2.84. The number of rotatable bonds is 5. The minimum absolute atomic E-state index is 0.538. The third kappa shape index (κ3) is 3.97. The van der Waals surface area contributed by atoms with Crippen molar-refractivity contribution in [3.8, 4) is 0 Å². The molecule has 1 unspecified atom stereocenters. The molecule has 1 aromatic rings. The molecule has 1 saturated heterocycles. The minimum atomic E-state index is -0.538. The molecule has 0 saturated carbocycles. The van der Waals surface area contributed by atoms with Crippen LogP contribution in [0.25, 0.3) is 0 Å². The number of β-amino-alcohol motifs (C(OH)–C–C–N with tert-alkyl or cyclic N) is 1. The maximum atomic E-state index is 10.1. The molecule has 1 fully saturated rings. The zero-order valence-corrected chi connectivity index (χ0v) is 13.2. The summed E-state index contributed by atoms with van der Waals surface area (Å²) < 4.78 is 0. The van der Waals surface area contributed by atoms with Crippen molar-refractivity contribution < 1.29 is 5.11 Å². The van der Waals surface area contributed by atoms with Crippen LogP contribution in [-0.4, -0.2) is 30.3 Å². The Kier molecular flexibility index (Phi) is 4.71. The van der Waals surface area contributed by atoms with E-state index < -0.39 is 5.60 Å². The summed E-state index contributed by atoms with van der Waals surface area (Å²) >= 11 is 0. The van der Waals surface area contributed by atoms with E-state index in [2.05, 4.69) is 49.2 Å². The van der Waals surface area contributed by atoms with E-state index in [4.69, 9.17) is 0 Å². The van der Waals surface area contributed by atoms with E-state index in [0.717, 1.165) is 32.6 Å². The fourth-order valence-electron chi connectivity index (χ4n) is 2.84. The Bertz CT molecular complexity index is 454. The molecule has 1 aliphatic rings. The molecule has 3 heteroatoms. The Morgan fingerprint density at radius 1 is 1.40 bits per heavy atom. The molecule has 0 amide bonds. The topological polar surface area (TPSA) is 35.5 Å². The van der Waals surface area contributed by atoms with Crippen molar-refractivity contribution in [1.82, 2.24) is 5.32 Å². The largest absolute Gasteiger partial charge is 0.388 e. The second-order valence-electron chi connectivity index (χ2n) is 6.81. The number of aliphatic hydroxyl groups is 1. The van der Waals surface area contributed by atoms with Gasteiger partial charge in [-0.05, 0) is 49.9 Å². The lowest BCUT2D eigenvalue weighted by molar-refractivity contribution is 0.0839. The van der Waals surface area contributed by atoms with E-state index >= 15 is 0 Å². The monoisotopic (exact) mass is 276 g/mol. The average Bonchev–Trinajstić information content (AvgIpc) is 2.69. The Morgan fingerprint density at radius 2 is 2.15 bits per heavy atom. The first-order chi connectivity index (χ1) is 9.37. The molecular formula is C17H28N2O. The molecule has 20 heavy (non-hydrogen) atoms. The summed E-state index contributed by atoms with van der Waals surface area (Å²) in [7, 11) is 0. The van der Waals surface area contributed by atoms with Crippen LogP contribution in [0.3, 0.4) is 0 Å². The lowest BCUT2D eigenvalue weighted by atomic mass is 10.1. The Morgan fingerprint density at radius 3 is 2.70 bits per heavy atom. The van der Waals surface area contributed by atoms with Gasteiger partial charge in [-0.2, -0.15) is 0 Å². The van der Waals surface area contributed by atoms with Crippen molar-refractivity contribution in [3.05, 3.63) is 29.3 Å². The molecule has 0 aliphatic carbocycles. The van der Waals surface area contributed by atoms with Gasteiger partial charge in [0.25, 0.3) is 0 Å². The summed E-state index contributed by atoms with van der Waals surface area (Å²) in [6.45, 7) is 12.2. The lowest BCUT2D eigenvalue weighted by Crippen LogP contribution is -2.29. The highest BCUT2D eigenvalue weighted by molar-refractivity contribution is 5.55. The number of benzene rings is 1. The van der Waals surface area contributed by atoms with Crippen LogP contribution >= 0.6 is 0 Å². The number of anilines is 1. The standard InChI is InChI=1S/C17H28N2O/c1-13(2)10-18-11-15-5-6-16(14(3)9-15)19-8-7-17(4,20)12-19/h5-6,9,13,18,20H,7-8,10-12H2,1-4H3. The first-order valence-electron chi connectivity index (χ1n) is 7.65. The summed E-state index contributed by atoms with van der Waals surface area (Å²) in [5.41, 5.74) is 3.35. The number of aryl methyl sites for hydroxylation is 1. The predicted octanol–water partition coefficient (Wildman–Crippen LogP) is 2.70. The molecule has 2 N–H and O–H groups in total. The summed E-state index contributed by atoms with van der Waals surface area (Å²) in [6, 6.07) is 6.65. The maximum Gasteiger partial charge on any atom is 0.0810 e. The Labute approximate surface area is 123 Å². The van der Waals surface area contributed by atoms with Crippen LogP contribution in [0.1, 0.15) is 38.3 Å². The molecule has 1 aliphatic heterocycles. The van der Waals surface area contributed by atoms with Crippen molar-refractivity contribution in [2.75, 3.05) is 24.5 Å². The molecular weight excluding hydrogens is 248 g/mol. The first kappa shape index (κ1) is 15.3. The molecule has 0 aromatic heterocycles. The molecule has 0 radical (unpaired) electrons. The van der Waals surface area contributed by atoms with Crippen molar-refractivity contribution >= 4 is 5.69 Å². The van der Waals surface area contributed by atoms with Gasteiger partial charge in [0.2, 0.25) is 0 Å². The van der Waals surface area contributed by atoms with Crippen LogP contribution < -0.4 is 10.2 Å². The smallest absolute Gasteiger partial charge is 0.0810 e. The van der Waals surface area contributed by atoms with E-state index in [0.29, 0.717) is 5.92 Å². The molecule has 0 spiro atoms. The second-order valence-corrected chi connectivity index (χ2v) is 6.81. The second kappa shape index (κ2) is 6.15. The van der Waals surface area contributed by atoms with Gasteiger partial charge in [0.15, 0.2) is 0 Å². The van der Waals surface area contributed by atoms with Crippen LogP contribution in [0.5, 0.6) is 0 Å². The summed E-state index contributed by atoms with van der Waals surface area (Å²) in [6.07, 6.45) is 0.851. The van der Waals surface area contributed by atoms with Gasteiger partial charge in [0.1, 0.15) is 0 Å². The van der Waals surface area contributed by atoms with Gasteiger partial charge in [-0.25, -0.2) is 0 Å². The van der Waals surface area contributed by atoms with Gasteiger partial charge in [-0.15, -0.1) is 0 Å². The normalized spacial score (nSPS) is 22.8. The van der Waals surface area contributed by atoms with Gasteiger partial charge in [0.05, 0.1) is 5.60 Å². The van der Waals surface area contributed by atoms with Gasteiger partial charge in [-0.3, -0.25) is 0 Å². The average molecular weight is 276 g/mol. The van der Waals surface area contributed by atoms with Crippen molar-refractivity contribution in [2.24, 2.45) is 5.92 Å². The van der Waals surface area contributed by atoms with Crippen LogP contribution in [0.4, 0.5) is 5.69 Å². The van der Waals surface area contributed by atoms with E-state index in [9.17, 15) is 5.11 Å². The van der Waals surface area contributed by atoms with E-state index in [1.165, 1.54) is 16.8 Å². The zero-order chi connectivity index (χ0) is 14.8. The van der Waals surface area contributed by atoms with Gasteiger partial charge in [0, 0.05) is 25.3 Å². The molecule has 1 atom stereocenters. The highest BCUT2D eigenvalue weighted by Crippen LogP contribution is 2.29. The van der Waals surface area contributed by atoms with E-state index in [-0.39, 0.29) is 0 Å². The quantitative estimate of drug-likeness (QED) is 0.868. The first-order valence-corrected chi connectivity index (χ1v) is 7.65. The molecule has 2 rings (SSSR count). The van der Waals surface area contributed by atoms with E-state index in [1.807, 2.05) is 6.92 Å². The SMILES string of the molecule is Cc1cc(CNCC(C)C)ccc1N1CCC(C)(O)C1. The zero-order valence-electron chi connectivity index (χ0n) is 13.2. The Balaban J connectivity index is 1.99. The fraction of sp³-hybridized carbons (Fsp3) is 0.647. The molecule has 1 aromatic carbocycles. The highest BCUT2D eigenvalue weighted by atomic mass is 16.3. The number of hydrogen-bond acceptors (Lipinski definition) is 3. The Hall–Kier alpha value is -1.06. The lowest BCUT2D eigenvalue weighted by Gasteiger charge is -2.23. The van der Waals surface area contributed by atoms with Crippen LogP contribution in [0.15, 0.2) is 18.2 Å². The highest BCUT2D eigenvalue weighted by Gasteiger charge is 2.31. The van der Waals surface area contributed by atoms with Gasteiger partial charge in [-0.1, -0.05) is 26.0 Å². The minimum Gasteiger partial charge on any atom is -0.388 e. The van der Waals surface area contributed by atoms with Gasteiger partial charge < -0.3 is 15.3 Å². The van der Waals surface area contributed by atoms with E-state index in [1.54, 1.807) is 0 Å². The van der Waals surface area contributed by atoms with Crippen LogP contribution in [-0.2, 0) is 6.54 Å². The summed E-state index contributed by atoms with van der Waals surface area (Å²) in [5.74, 6) is 0.683. The third-order valence-electron chi connectivity index (χ3n) is 3.94.